The van der Waals surface area contributed by atoms with Gasteiger partial charge in [0.2, 0.25) is 82.7 Å². The monoisotopic (exact) mass is 1800 g/mol. The number of phenols is 1. The first kappa shape index (κ1) is 108. The molecule has 0 unspecified atom stereocenters. The summed E-state index contributed by atoms with van der Waals surface area (Å²) in [5, 5.41) is 76.4. The van der Waals surface area contributed by atoms with Gasteiger partial charge >= 0.3 is 5.97 Å². The summed E-state index contributed by atoms with van der Waals surface area (Å²) in [6, 6.07) is 8.91. The first-order valence-corrected chi connectivity index (χ1v) is 44.3. The van der Waals surface area contributed by atoms with Crippen LogP contribution in [0.4, 0.5) is 0 Å². The number of hydrogen-bond donors (Lipinski definition) is 23. The predicted molar refractivity (Wildman–Crippen MR) is 484 cm³/mol. The van der Waals surface area contributed by atoms with Crippen LogP contribution in [0.15, 0.2) is 115 Å². The van der Waals surface area contributed by atoms with E-state index in [4.69, 9.17) is 28.7 Å². The van der Waals surface area contributed by atoms with Gasteiger partial charge < -0.3 is 123 Å². The maximum Gasteiger partial charge on any atom is 0.326 e. The van der Waals surface area contributed by atoms with Crippen LogP contribution < -0.4 is 97.8 Å². The number of carboxylic acids is 1. The van der Waals surface area contributed by atoms with Crippen molar-refractivity contribution >= 4 is 99.6 Å². The van der Waals surface area contributed by atoms with Crippen molar-refractivity contribution in [3.8, 4) is 5.75 Å². The van der Waals surface area contributed by atoms with Crippen LogP contribution >= 0.6 is 0 Å². The lowest BCUT2D eigenvalue weighted by molar-refractivity contribution is -0.142. The van der Waals surface area contributed by atoms with Crippen molar-refractivity contribution in [3.05, 3.63) is 138 Å². The van der Waals surface area contributed by atoms with E-state index in [0.29, 0.717) is 47.9 Å². The molecule has 0 saturated heterocycles. The molecule has 38 heteroatoms. The van der Waals surface area contributed by atoms with Gasteiger partial charge in [-0.3, -0.25) is 67.1 Å². The molecule has 129 heavy (non-hydrogen) atoms. The van der Waals surface area contributed by atoms with Crippen molar-refractivity contribution in [2.24, 2.45) is 52.3 Å². The van der Waals surface area contributed by atoms with E-state index in [1.165, 1.54) is 12.1 Å². The molecule has 5 rings (SSSR count). The third-order valence-electron chi connectivity index (χ3n) is 21.3. The number of nitrogens with one attached hydrogen (secondary N) is 14. The molecule has 0 fully saturated rings. The van der Waals surface area contributed by atoms with Gasteiger partial charge in [-0.2, -0.15) is 0 Å². The molecule has 0 spiro atoms. The van der Waals surface area contributed by atoms with Crippen LogP contribution in [0.5, 0.6) is 5.75 Å². The standard InChI is InChI=1S/C91H137N19O19/c1-51(2)40-67(101-78(115)62(95)44-58-33-35-60(113)36-34-58)84(121)103-69(42-53(5)6)83(120)98-64(30-18-21-37-92)79(116)102-68(41-52(3)4)82(119)99-65(31-19-22-38-93)80(117)105-72(46-57-26-14-11-15-27-57)87(124)107-73(48-76(96)114)88(125)106-71(45-56-24-12-10-13-25-56)86(123)100-66(32-20-23-39-94)81(118)110-77(55(9)112)90(127)109-75(50-111)89(126)104-70(43-54(7)8)85(122)108-74(91(128)129)47-59-49-97-63-29-17-16-28-61(59)63/h10-17,24-29,33-36,49,51-55,62,64-75,77,97,111-113H,18-23,30-32,37-48,50,92-95H2,1-9H3,(H2,96,114)(H,98,120)(H,99,119)(H,100,123)(H,101,115)(H,102,116)(H,103,121)(H,104,126)(H,105,117)(H,106,125)(H,107,124)(H,108,122)(H,109,127)(H,110,118)(H,128,129)/t55-,62+,64+,65+,66+,67+,68+,69+,70+,71+,72+,73+,74+,75+,77+/m1/s1. The number of aromatic nitrogens is 1. The Hall–Kier alpha value is -12.0. The van der Waals surface area contributed by atoms with Crippen LogP contribution in [0.3, 0.4) is 0 Å². The van der Waals surface area contributed by atoms with E-state index in [1.54, 1.807) is 131 Å². The molecule has 28 N–H and O–H groups in total. The molecule has 38 nitrogen and oxygen atoms in total. The van der Waals surface area contributed by atoms with Crippen LogP contribution in [0.25, 0.3) is 10.9 Å². The van der Waals surface area contributed by atoms with Crippen LogP contribution in [0, 0.1) is 23.7 Å². The quantitative estimate of drug-likeness (QED) is 0.0222. The second-order valence-corrected chi connectivity index (χ2v) is 34.4. The number of benzene rings is 4. The van der Waals surface area contributed by atoms with Gasteiger partial charge in [-0.1, -0.05) is 146 Å². The van der Waals surface area contributed by atoms with E-state index < -0.39 is 192 Å². The number of aromatic hydroxyl groups is 1. The third-order valence-corrected chi connectivity index (χ3v) is 21.3. The molecule has 0 saturated carbocycles. The fourth-order valence-corrected chi connectivity index (χ4v) is 14.4. The van der Waals surface area contributed by atoms with Crippen molar-refractivity contribution in [1.29, 1.82) is 0 Å². The third kappa shape index (κ3) is 38.1. The van der Waals surface area contributed by atoms with Crippen molar-refractivity contribution in [3.63, 3.8) is 0 Å². The number of fused-ring (bicyclic) bond motifs is 1. The van der Waals surface area contributed by atoms with Gasteiger partial charge in [-0.05, 0) is 181 Å². The second-order valence-electron chi connectivity index (χ2n) is 34.4. The number of aliphatic hydroxyl groups excluding tert-OH is 2. The summed E-state index contributed by atoms with van der Waals surface area (Å²) in [7, 11) is 0. The highest BCUT2D eigenvalue weighted by Crippen LogP contribution is 2.22. The summed E-state index contributed by atoms with van der Waals surface area (Å²) in [6.45, 7) is 15.0. The normalized spacial score (nSPS) is 14.9. The first-order chi connectivity index (χ1) is 61.2. The zero-order chi connectivity index (χ0) is 95.6. The Morgan fingerprint density at radius 2 is 0.667 bits per heavy atom. The number of carbonyl (C=O) groups is 15. The summed E-state index contributed by atoms with van der Waals surface area (Å²) >= 11 is 0. The summed E-state index contributed by atoms with van der Waals surface area (Å²) in [5.74, 6) is -15.4. The zero-order valence-corrected chi connectivity index (χ0v) is 75.3. The number of aromatic amines is 1. The summed E-state index contributed by atoms with van der Waals surface area (Å²) < 4.78 is 0. The summed E-state index contributed by atoms with van der Waals surface area (Å²) in [6.07, 6.45) is 0.245. The predicted octanol–water partition coefficient (Wildman–Crippen LogP) is -0.322. The molecule has 0 aliphatic heterocycles. The van der Waals surface area contributed by atoms with Crippen molar-refractivity contribution in [1.82, 2.24) is 74.1 Å². The lowest BCUT2D eigenvalue weighted by Gasteiger charge is -2.29. The highest BCUT2D eigenvalue weighted by molar-refractivity contribution is 6.01. The average Bonchev–Trinajstić information content (AvgIpc) is 1.67. The van der Waals surface area contributed by atoms with Gasteiger partial charge in [-0.15, -0.1) is 0 Å². The number of carbonyl (C=O) groups excluding carboxylic acids is 14. The van der Waals surface area contributed by atoms with E-state index in [2.05, 4.69) is 74.1 Å². The molecular formula is C91H137N19O19. The lowest BCUT2D eigenvalue weighted by atomic mass is 9.98. The Balaban J connectivity index is 1.38. The minimum atomic E-state index is -1.91. The molecule has 4 aromatic carbocycles. The number of H-pyrrole nitrogens is 1. The number of amides is 14. The highest BCUT2D eigenvalue weighted by Gasteiger charge is 2.40. The summed E-state index contributed by atoms with van der Waals surface area (Å²) in [5.41, 5.74) is 32.7. The second kappa shape index (κ2) is 55.7. The number of unbranched alkanes of at least 4 members (excludes halogenated alkanes) is 3. The molecule has 0 aliphatic carbocycles. The van der Waals surface area contributed by atoms with Crippen molar-refractivity contribution in [2.45, 2.75) is 269 Å². The minimum Gasteiger partial charge on any atom is -0.508 e. The molecule has 1 aromatic heterocycles. The van der Waals surface area contributed by atoms with E-state index >= 15 is 9.59 Å². The largest absolute Gasteiger partial charge is 0.508 e. The van der Waals surface area contributed by atoms with Crippen LogP contribution in [0.2, 0.25) is 0 Å². The first-order valence-electron chi connectivity index (χ1n) is 44.3. The Bertz CT molecular complexity index is 4460. The average molecular weight is 1800 g/mol. The topological polar surface area (TPSA) is 639 Å². The molecular weight excluding hydrogens is 1660 g/mol. The molecule has 0 bridgehead atoms. The Morgan fingerprint density at radius 3 is 1.05 bits per heavy atom. The molecule has 0 radical (unpaired) electrons. The zero-order valence-electron chi connectivity index (χ0n) is 75.3. The van der Waals surface area contributed by atoms with Gasteiger partial charge in [-0.25, -0.2) is 4.79 Å². The maximum atomic E-state index is 15.0. The van der Waals surface area contributed by atoms with Gasteiger partial charge in [0, 0.05) is 36.4 Å². The molecule has 14 amide bonds. The van der Waals surface area contributed by atoms with Gasteiger partial charge in [0.25, 0.3) is 0 Å². The Labute approximate surface area is 753 Å². The van der Waals surface area contributed by atoms with Gasteiger partial charge in [0.05, 0.1) is 25.2 Å². The van der Waals surface area contributed by atoms with Crippen LogP contribution in [-0.2, 0) is 97.6 Å². The van der Waals surface area contributed by atoms with Crippen molar-refractivity contribution < 1.29 is 92.3 Å². The molecule has 0 aliphatic rings. The molecule has 15 atom stereocenters. The number of hydrogen-bond acceptors (Lipinski definition) is 22. The number of nitrogens with two attached hydrogens (primary N) is 5. The molecule has 1 heterocycles. The van der Waals surface area contributed by atoms with E-state index in [0.717, 1.165) is 17.8 Å². The summed E-state index contributed by atoms with van der Waals surface area (Å²) in [4.78, 5) is 217. The Kier molecular flexibility index (Phi) is 46.4. The van der Waals surface area contributed by atoms with E-state index in [-0.39, 0.29) is 133 Å². The van der Waals surface area contributed by atoms with E-state index in [9.17, 15) is 82.8 Å². The lowest BCUT2D eigenvalue weighted by Crippen LogP contribution is -2.62. The number of rotatable bonds is 59. The number of carboxylic acid groups (broad SMARTS) is 1. The number of phenolic OH excluding ortho intramolecular Hbond substituents is 1. The van der Waals surface area contributed by atoms with Crippen molar-refractivity contribution in [2.75, 3.05) is 26.2 Å². The number of aliphatic hydroxyl groups is 2. The minimum absolute atomic E-state index is 0.00199. The molecule has 710 valence electrons. The Morgan fingerprint density at radius 1 is 0.349 bits per heavy atom. The van der Waals surface area contributed by atoms with Gasteiger partial charge in [0.1, 0.15) is 84.3 Å². The SMILES string of the molecule is CC(C)C[C@H](NC(=O)[C@H](CO)NC(=O)[C@@H](NC(=O)[C@H](CCCCN)NC(=O)[C@H](Cc1ccccc1)NC(=O)[C@H](CC(N)=O)NC(=O)[C@H](Cc1ccccc1)NC(=O)[C@H](CCCCN)NC(=O)[C@H](CC(C)C)NC(=O)[C@H](CCCCN)NC(=O)[C@H](CC(C)C)NC(=O)[C@H](CC(C)C)NC(=O)[C@@H](N)Cc1ccc(O)cc1)[C@@H](C)O)C(=O)N[C@@H](Cc1c[nH]c2ccccc12)C(=O)O. The fourth-order valence-electron chi connectivity index (χ4n) is 14.4. The maximum absolute atomic E-state index is 15.0. The van der Waals surface area contributed by atoms with Crippen LogP contribution in [-0.4, -0.2) is 231 Å². The highest BCUT2D eigenvalue weighted by atomic mass is 16.4. The van der Waals surface area contributed by atoms with Gasteiger partial charge in [0.15, 0.2) is 0 Å². The number of aliphatic carboxylic acids is 1. The number of para-hydroxylation sites is 1. The fraction of sp³-hybridized carbons (Fsp3) is 0.549. The van der Waals surface area contributed by atoms with Crippen LogP contribution in [0.1, 0.15) is 174 Å². The smallest absolute Gasteiger partial charge is 0.326 e. The number of primary amides is 1. The molecule has 5 aromatic rings. The van der Waals surface area contributed by atoms with E-state index in [1.807, 2.05) is 27.7 Å².